The molecule has 1 atom stereocenters. The normalized spacial score (nSPS) is 20.6. The fourth-order valence-corrected chi connectivity index (χ4v) is 2.70. The first-order valence-corrected chi connectivity index (χ1v) is 7.22. The van der Waals surface area contributed by atoms with Crippen molar-refractivity contribution in [1.29, 1.82) is 0 Å². The minimum absolute atomic E-state index is 0.00339. The number of thiazole rings is 1. The van der Waals surface area contributed by atoms with E-state index in [4.69, 9.17) is 0 Å². The molecule has 1 aliphatic heterocycles. The molecule has 19 heavy (non-hydrogen) atoms. The number of piperazine rings is 1. The number of aromatic nitrogens is 1. The fraction of sp³-hybridized carbons (Fsp3) is 0.615. The molecule has 2 rings (SSSR count). The zero-order chi connectivity index (χ0) is 14.0. The highest BCUT2D eigenvalue weighted by atomic mass is 32.1. The SMILES string of the molecule is CC(C)(C)C1NC(=O)CN(CCc2nccs2)C1=O. The van der Waals surface area contributed by atoms with E-state index in [0.29, 0.717) is 13.0 Å². The predicted molar refractivity (Wildman–Crippen MR) is 73.8 cm³/mol. The standard InChI is InChI=1S/C13H19N3O2S/c1-13(2,3)11-12(18)16(8-9(17)15-11)6-4-10-14-5-7-19-10/h5,7,11H,4,6,8H2,1-3H3,(H,15,17). The van der Waals surface area contributed by atoms with Gasteiger partial charge in [0.15, 0.2) is 0 Å². The lowest BCUT2D eigenvalue weighted by Crippen LogP contribution is -2.62. The van der Waals surface area contributed by atoms with Crippen LogP contribution in [-0.4, -0.2) is 40.8 Å². The van der Waals surface area contributed by atoms with Crippen LogP contribution in [0.25, 0.3) is 0 Å². The van der Waals surface area contributed by atoms with Crippen LogP contribution < -0.4 is 5.32 Å². The largest absolute Gasteiger partial charge is 0.342 e. The van der Waals surface area contributed by atoms with Crippen LogP contribution in [0, 0.1) is 5.41 Å². The van der Waals surface area contributed by atoms with E-state index in [1.165, 1.54) is 0 Å². The molecule has 1 unspecified atom stereocenters. The third-order valence-corrected chi connectivity index (χ3v) is 3.98. The maximum atomic E-state index is 12.4. The first-order chi connectivity index (χ1) is 8.88. The Morgan fingerprint density at radius 2 is 2.21 bits per heavy atom. The van der Waals surface area contributed by atoms with Gasteiger partial charge in [0.2, 0.25) is 11.8 Å². The van der Waals surface area contributed by atoms with E-state index in [1.54, 1.807) is 22.4 Å². The molecule has 2 heterocycles. The number of carbonyl (C=O) groups excluding carboxylic acids is 2. The van der Waals surface area contributed by atoms with Gasteiger partial charge in [0.1, 0.15) is 6.04 Å². The van der Waals surface area contributed by atoms with Crippen molar-refractivity contribution in [2.24, 2.45) is 5.41 Å². The summed E-state index contributed by atoms with van der Waals surface area (Å²) in [5.41, 5.74) is -0.271. The lowest BCUT2D eigenvalue weighted by atomic mass is 9.85. The van der Waals surface area contributed by atoms with E-state index in [-0.39, 0.29) is 23.8 Å². The zero-order valence-electron chi connectivity index (χ0n) is 11.5. The van der Waals surface area contributed by atoms with Crippen molar-refractivity contribution in [2.75, 3.05) is 13.1 Å². The minimum atomic E-state index is -0.440. The Balaban J connectivity index is 2.03. The lowest BCUT2D eigenvalue weighted by molar-refractivity contribution is -0.147. The summed E-state index contributed by atoms with van der Waals surface area (Å²) >= 11 is 1.57. The van der Waals surface area contributed by atoms with Gasteiger partial charge >= 0.3 is 0 Å². The number of nitrogens with zero attached hydrogens (tertiary/aromatic N) is 2. The third kappa shape index (κ3) is 3.32. The van der Waals surface area contributed by atoms with Crippen LogP contribution in [0.2, 0.25) is 0 Å². The third-order valence-electron chi connectivity index (χ3n) is 3.14. The van der Waals surface area contributed by atoms with Crippen LogP contribution in [0.4, 0.5) is 0 Å². The molecule has 0 aromatic carbocycles. The fourth-order valence-electron chi connectivity index (χ4n) is 2.09. The number of amides is 2. The highest BCUT2D eigenvalue weighted by molar-refractivity contribution is 7.09. The molecule has 6 heteroatoms. The zero-order valence-corrected chi connectivity index (χ0v) is 12.3. The summed E-state index contributed by atoms with van der Waals surface area (Å²) in [6, 6.07) is -0.440. The maximum absolute atomic E-state index is 12.4. The average Bonchev–Trinajstić information content (AvgIpc) is 2.81. The van der Waals surface area contributed by atoms with Gasteiger partial charge in [-0.1, -0.05) is 20.8 Å². The van der Waals surface area contributed by atoms with E-state index < -0.39 is 6.04 Å². The van der Waals surface area contributed by atoms with Gasteiger partial charge in [0.25, 0.3) is 0 Å². The van der Waals surface area contributed by atoms with Gasteiger partial charge in [-0.2, -0.15) is 0 Å². The summed E-state index contributed by atoms with van der Waals surface area (Å²) in [4.78, 5) is 29.9. The summed E-state index contributed by atoms with van der Waals surface area (Å²) in [6.45, 7) is 6.57. The molecule has 0 aliphatic carbocycles. The topological polar surface area (TPSA) is 62.3 Å². The average molecular weight is 281 g/mol. The Hall–Kier alpha value is -1.43. The second-order valence-electron chi connectivity index (χ2n) is 5.80. The van der Waals surface area contributed by atoms with Crippen LogP contribution in [0.5, 0.6) is 0 Å². The number of hydrogen-bond donors (Lipinski definition) is 1. The summed E-state index contributed by atoms with van der Waals surface area (Å²) in [7, 11) is 0. The van der Waals surface area contributed by atoms with Gasteiger partial charge < -0.3 is 10.2 Å². The lowest BCUT2D eigenvalue weighted by Gasteiger charge is -2.38. The van der Waals surface area contributed by atoms with Gasteiger partial charge in [-0.25, -0.2) is 4.98 Å². The molecular formula is C13H19N3O2S. The molecule has 5 nitrogen and oxygen atoms in total. The number of carbonyl (C=O) groups is 2. The van der Waals surface area contributed by atoms with Gasteiger partial charge in [-0.15, -0.1) is 11.3 Å². The van der Waals surface area contributed by atoms with Crippen molar-refractivity contribution in [3.8, 4) is 0 Å². The minimum Gasteiger partial charge on any atom is -0.342 e. The molecule has 0 radical (unpaired) electrons. The summed E-state index contributed by atoms with van der Waals surface area (Å²) in [6.07, 6.45) is 2.45. The molecule has 0 bridgehead atoms. The van der Waals surface area contributed by atoms with Crippen LogP contribution >= 0.6 is 11.3 Å². The Morgan fingerprint density at radius 1 is 1.47 bits per heavy atom. The van der Waals surface area contributed by atoms with Gasteiger partial charge in [-0.3, -0.25) is 9.59 Å². The van der Waals surface area contributed by atoms with Crippen molar-refractivity contribution in [3.05, 3.63) is 16.6 Å². The molecule has 104 valence electrons. The summed E-state index contributed by atoms with van der Waals surface area (Å²) < 4.78 is 0. The Labute approximate surface area is 117 Å². The Bertz CT molecular complexity index is 465. The molecule has 1 aromatic rings. The second-order valence-corrected chi connectivity index (χ2v) is 6.78. The van der Waals surface area contributed by atoms with E-state index >= 15 is 0 Å². The number of nitrogens with one attached hydrogen (secondary N) is 1. The Kier molecular flexibility index (Phi) is 3.89. The molecule has 1 aliphatic rings. The van der Waals surface area contributed by atoms with E-state index in [2.05, 4.69) is 10.3 Å². The molecule has 1 fully saturated rings. The van der Waals surface area contributed by atoms with Gasteiger partial charge in [0, 0.05) is 24.5 Å². The smallest absolute Gasteiger partial charge is 0.246 e. The molecular weight excluding hydrogens is 262 g/mol. The quantitative estimate of drug-likeness (QED) is 0.901. The summed E-state index contributed by atoms with van der Waals surface area (Å²) in [5, 5.41) is 5.69. The van der Waals surface area contributed by atoms with Crippen molar-refractivity contribution in [1.82, 2.24) is 15.2 Å². The number of rotatable bonds is 3. The van der Waals surface area contributed by atoms with Crippen LogP contribution in [0.3, 0.4) is 0 Å². The molecule has 0 saturated carbocycles. The van der Waals surface area contributed by atoms with Crippen molar-refractivity contribution in [3.63, 3.8) is 0 Å². The van der Waals surface area contributed by atoms with Crippen LogP contribution in [0.1, 0.15) is 25.8 Å². The van der Waals surface area contributed by atoms with Gasteiger partial charge in [-0.05, 0) is 5.41 Å². The highest BCUT2D eigenvalue weighted by Crippen LogP contribution is 2.23. The molecule has 1 N–H and O–H groups in total. The van der Waals surface area contributed by atoms with E-state index in [9.17, 15) is 9.59 Å². The molecule has 2 amide bonds. The first kappa shape index (κ1) is 14.0. The molecule has 1 aromatic heterocycles. The van der Waals surface area contributed by atoms with E-state index in [0.717, 1.165) is 5.01 Å². The van der Waals surface area contributed by atoms with Crippen molar-refractivity contribution in [2.45, 2.75) is 33.2 Å². The first-order valence-electron chi connectivity index (χ1n) is 6.34. The van der Waals surface area contributed by atoms with Crippen LogP contribution in [-0.2, 0) is 16.0 Å². The van der Waals surface area contributed by atoms with E-state index in [1.807, 2.05) is 26.2 Å². The Morgan fingerprint density at radius 3 is 2.79 bits per heavy atom. The van der Waals surface area contributed by atoms with Crippen molar-refractivity contribution >= 4 is 23.2 Å². The van der Waals surface area contributed by atoms with Crippen LogP contribution in [0.15, 0.2) is 11.6 Å². The van der Waals surface area contributed by atoms with Crippen molar-refractivity contribution < 1.29 is 9.59 Å². The maximum Gasteiger partial charge on any atom is 0.246 e. The molecule has 0 spiro atoms. The predicted octanol–water partition coefficient (Wildman–Crippen LogP) is 1.06. The summed E-state index contributed by atoms with van der Waals surface area (Å²) in [5.74, 6) is -0.0812. The second kappa shape index (κ2) is 5.28. The molecule has 1 saturated heterocycles. The number of hydrogen-bond acceptors (Lipinski definition) is 4. The highest BCUT2D eigenvalue weighted by Gasteiger charge is 2.39. The monoisotopic (exact) mass is 281 g/mol. The van der Waals surface area contributed by atoms with Gasteiger partial charge in [0.05, 0.1) is 11.6 Å².